The lowest BCUT2D eigenvalue weighted by molar-refractivity contribution is -0.142. The molecular weight excluding hydrogens is 770 g/mol. The lowest BCUT2D eigenvalue weighted by atomic mass is 10.0. The molecule has 0 spiro atoms. The van der Waals surface area contributed by atoms with Gasteiger partial charge in [-0.3, -0.25) is 28.8 Å². The van der Waals surface area contributed by atoms with Crippen LogP contribution in [0.25, 0.3) is 0 Å². The number of hydrogen-bond acceptors (Lipinski definition) is 11. The topological polar surface area (TPSA) is 257 Å². The molecular formula is C41H74N5O13. The minimum Gasteiger partial charge on any atom is -0.481 e. The van der Waals surface area contributed by atoms with Crippen LogP contribution in [0.1, 0.15) is 128 Å². The van der Waals surface area contributed by atoms with Gasteiger partial charge in [-0.2, -0.15) is 0 Å². The summed E-state index contributed by atoms with van der Waals surface area (Å²) in [6.45, 7) is 5.77. The third-order valence-corrected chi connectivity index (χ3v) is 8.93. The smallest absolute Gasteiger partial charge is 0.326 e. The number of carboxylic acids is 2. The van der Waals surface area contributed by atoms with Crippen LogP contribution in [-0.4, -0.2) is 137 Å². The van der Waals surface area contributed by atoms with Crippen molar-refractivity contribution in [2.24, 2.45) is 0 Å². The summed E-state index contributed by atoms with van der Waals surface area (Å²) in [6, 6.07) is -1.14. The van der Waals surface area contributed by atoms with Gasteiger partial charge in [0.2, 0.25) is 29.5 Å². The number of hydrogen-bond donors (Lipinski definition) is 7. The first kappa shape index (κ1) is 55.1. The Bertz CT molecular complexity index is 1150. The molecule has 0 aliphatic carbocycles. The second-order valence-corrected chi connectivity index (χ2v) is 14.3. The zero-order valence-electron chi connectivity index (χ0n) is 35.3. The number of carboxylic acid groups (broad SMARTS) is 2. The molecule has 1 radical (unpaired) electrons. The van der Waals surface area contributed by atoms with Crippen molar-refractivity contribution < 1.29 is 62.7 Å². The lowest BCUT2D eigenvalue weighted by Gasteiger charge is -2.14. The molecule has 0 heterocycles. The van der Waals surface area contributed by atoms with Crippen LogP contribution >= 0.6 is 0 Å². The number of aliphatic carboxylic acids is 2. The molecule has 1 atom stereocenters. The molecule has 59 heavy (non-hydrogen) atoms. The fourth-order valence-electron chi connectivity index (χ4n) is 5.67. The van der Waals surface area contributed by atoms with Gasteiger partial charge in [-0.25, -0.2) is 4.79 Å². The van der Waals surface area contributed by atoms with Gasteiger partial charge in [0.15, 0.2) is 0 Å². The van der Waals surface area contributed by atoms with Crippen molar-refractivity contribution in [2.75, 3.05) is 79.0 Å². The van der Waals surface area contributed by atoms with E-state index in [0.717, 1.165) is 51.4 Å². The minimum absolute atomic E-state index is 0.0267. The van der Waals surface area contributed by atoms with Gasteiger partial charge in [0.25, 0.3) is 0 Å². The van der Waals surface area contributed by atoms with E-state index in [9.17, 15) is 38.7 Å². The Balaban J connectivity index is 3.64. The van der Waals surface area contributed by atoms with Crippen LogP contribution < -0.4 is 26.6 Å². The first-order valence-corrected chi connectivity index (χ1v) is 21.5. The monoisotopic (exact) mass is 845 g/mol. The Morgan fingerprint density at radius 3 is 1.29 bits per heavy atom. The molecule has 7 N–H and O–H groups in total. The Hall–Kier alpha value is -3.87. The number of carbonyl (C=O) groups is 7. The number of ether oxygens (including phenoxy) is 4. The van der Waals surface area contributed by atoms with E-state index in [1.807, 2.05) is 0 Å². The Labute approximate surface area is 350 Å². The van der Waals surface area contributed by atoms with Crippen LogP contribution in [0.4, 0.5) is 0 Å². The van der Waals surface area contributed by atoms with Crippen LogP contribution in [-0.2, 0) is 52.5 Å². The molecule has 341 valence electrons. The second kappa shape index (κ2) is 40.9. The van der Waals surface area contributed by atoms with Gasteiger partial charge in [-0.1, -0.05) is 77.0 Å². The van der Waals surface area contributed by atoms with Crippen LogP contribution in [0.2, 0.25) is 0 Å². The maximum absolute atomic E-state index is 12.3. The highest BCUT2D eigenvalue weighted by atomic mass is 16.5. The Morgan fingerprint density at radius 1 is 0.424 bits per heavy atom. The van der Waals surface area contributed by atoms with Crippen molar-refractivity contribution in [3.8, 4) is 0 Å². The number of nitrogens with one attached hydrogen (secondary N) is 5. The van der Waals surface area contributed by atoms with Gasteiger partial charge in [0.05, 0.1) is 39.6 Å². The summed E-state index contributed by atoms with van der Waals surface area (Å²) in [5.41, 5.74) is 0. The number of carbonyl (C=O) groups excluding carboxylic acids is 5. The molecule has 0 saturated heterocycles. The molecule has 0 aromatic rings. The maximum atomic E-state index is 12.3. The molecule has 0 fully saturated rings. The first-order valence-electron chi connectivity index (χ1n) is 21.5. The van der Waals surface area contributed by atoms with Crippen molar-refractivity contribution in [2.45, 2.75) is 134 Å². The molecule has 0 saturated carbocycles. The predicted molar refractivity (Wildman–Crippen MR) is 220 cm³/mol. The normalized spacial score (nSPS) is 11.4. The first-order chi connectivity index (χ1) is 28.5. The summed E-state index contributed by atoms with van der Waals surface area (Å²) in [7, 11) is 0. The maximum Gasteiger partial charge on any atom is 0.326 e. The van der Waals surface area contributed by atoms with Crippen molar-refractivity contribution in [1.82, 2.24) is 26.6 Å². The highest BCUT2D eigenvalue weighted by Gasteiger charge is 2.20. The third-order valence-electron chi connectivity index (χ3n) is 8.93. The Morgan fingerprint density at radius 2 is 0.831 bits per heavy atom. The van der Waals surface area contributed by atoms with Gasteiger partial charge < -0.3 is 55.7 Å². The Kier molecular flexibility index (Phi) is 38.2. The van der Waals surface area contributed by atoms with E-state index in [4.69, 9.17) is 24.1 Å². The molecule has 0 bridgehead atoms. The zero-order valence-corrected chi connectivity index (χ0v) is 35.3. The molecule has 0 aliphatic rings. The highest BCUT2D eigenvalue weighted by Crippen LogP contribution is 2.14. The van der Waals surface area contributed by atoms with E-state index in [1.165, 1.54) is 44.9 Å². The number of amides is 5. The van der Waals surface area contributed by atoms with E-state index in [-0.39, 0.29) is 121 Å². The van der Waals surface area contributed by atoms with E-state index >= 15 is 0 Å². The SMILES string of the molecule is [CH2]C(=O)NCCCCNC(=O)COCCOCCNC(=O)COCCOCCNC(=O)CC[C@H](NC(=O)CCCCCCCCCCCCCCCCC(=O)O)C(=O)O. The van der Waals surface area contributed by atoms with Gasteiger partial charge in [0.1, 0.15) is 19.3 Å². The van der Waals surface area contributed by atoms with Gasteiger partial charge >= 0.3 is 11.9 Å². The van der Waals surface area contributed by atoms with Crippen molar-refractivity contribution in [3.63, 3.8) is 0 Å². The van der Waals surface area contributed by atoms with Gasteiger partial charge in [-0.15, -0.1) is 0 Å². The molecule has 0 unspecified atom stereocenters. The largest absolute Gasteiger partial charge is 0.481 e. The zero-order chi connectivity index (χ0) is 43.6. The van der Waals surface area contributed by atoms with E-state index in [1.54, 1.807) is 0 Å². The van der Waals surface area contributed by atoms with Crippen LogP contribution in [0, 0.1) is 6.92 Å². The van der Waals surface area contributed by atoms with Crippen molar-refractivity contribution in [3.05, 3.63) is 6.92 Å². The molecule has 0 aromatic heterocycles. The van der Waals surface area contributed by atoms with Crippen LogP contribution in [0.3, 0.4) is 0 Å². The molecule has 0 aromatic carbocycles. The van der Waals surface area contributed by atoms with Gasteiger partial charge in [-0.05, 0) is 32.1 Å². The van der Waals surface area contributed by atoms with Crippen LogP contribution in [0.5, 0.6) is 0 Å². The van der Waals surface area contributed by atoms with E-state index < -0.39 is 18.0 Å². The third kappa shape index (κ3) is 42.1. The van der Waals surface area contributed by atoms with E-state index in [2.05, 4.69) is 33.5 Å². The summed E-state index contributed by atoms with van der Waals surface area (Å²) < 4.78 is 21.3. The molecule has 5 amide bonds. The average molecular weight is 845 g/mol. The molecule has 0 aliphatic heterocycles. The van der Waals surface area contributed by atoms with Crippen molar-refractivity contribution >= 4 is 41.5 Å². The fraction of sp³-hybridized carbons (Fsp3) is 0.805. The highest BCUT2D eigenvalue weighted by molar-refractivity contribution is 5.84. The van der Waals surface area contributed by atoms with E-state index in [0.29, 0.717) is 19.5 Å². The fourth-order valence-corrected chi connectivity index (χ4v) is 5.67. The van der Waals surface area contributed by atoms with Crippen LogP contribution in [0.15, 0.2) is 0 Å². The average Bonchev–Trinajstić information content (AvgIpc) is 3.19. The van der Waals surface area contributed by atoms with Crippen molar-refractivity contribution in [1.29, 1.82) is 0 Å². The minimum atomic E-state index is -1.18. The standard InChI is InChI=1S/C41H74N5O13/c1-34(47)42-22-16-17-23-43-38(50)32-58-30-29-57-27-25-45-39(51)33-59-31-28-56-26-24-44-36(48)21-20-35(41(54)55)46-37(49)18-14-12-10-8-6-4-2-3-5-7-9-11-13-15-19-40(52)53/h35H,1-33H2,(H,42,47)(H,43,50)(H,44,48)(H,45,51)(H,46,49)(H,52,53)(H,54,55)/t35-/m0/s1. The summed E-state index contributed by atoms with van der Waals surface area (Å²) in [5.74, 6) is -3.47. The summed E-state index contributed by atoms with van der Waals surface area (Å²) >= 11 is 0. The summed E-state index contributed by atoms with van der Waals surface area (Å²) in [5, 5.41) is 31.3. The summed E-state index contributed by atoms with van der Waals surface area (Å²) in [4.78, 5) is 80.9. The second-order valence-electron chi connectivity index (χ2n) is 14.3. The quantitative estimate of drug-likeness (QED) is 0.0437. The lowest BCUT2D eigenvalue weighted by Crippen LogP contribution is -2.41. The van der Waals surface area contributed by atoms with Gasteiger partial charge in [0, 0.05) is 52.4 Å². The molecule has 18 heteroatoms. The number of rotatable bonds is 43. The molecule has 18 nitrogen and oxygen atoms in total. The summed E-state index contributed by atoms with van der Waals surface area (Å²) in [6.07, 6.45) is 16.9. The predicted octanol–water partition coefficient (Wildman–Crippen LogP) is 2.81. The molecule has 0 rings (SSSR count). The number of unbranched alkanes of at least 4 members (excludes halogenated alkanes) is 14.